The molecule has 0 saturated heterocycles. The van der Waals surface area contributed by atoms with Crippen LogP contribution >= 0.6 is 23.2 Å². The molecule has 0 aromatic heterocycles. The second-order valence-electron chi connectivity index (χ2n) is 8.88. The number of nitrogens with zero attached hydrogens (tertiary/aromatic N) is 2. The number of aliphatic hydroxyl groups is 1. The van der Waals surface area contributed by atoms with Crippen LogP contribution in [-0.2, 0) is 16.1 Å². The van der Waals surface area contributed by atoms with Gasteiger partial charge < -0.3 is 14.7 Å². The van der Waals surface area contributed by atoms with E-state index in [0.29, 0.717) is 36.1 Å². The topological polar surface area (TPSA) is 54.3 Å². The molecule has 168 valence electrons. The molecule has 0 aliphatic carbocycles. The van der Waals surface area contributed by atoms with Gasteiger partial charge in [0.1, 0.15) is 6.10 Å². The molecule has 0 bridgehead atoms. The maximum absolute atomic E-state index is 10.6. The molecule has 5 nitrogen and oxygen atoms in total. The van der Waals surface area contributed by atoms with E-state index in [2.05, 4.69) is 10.1 Å². The van der Waals surface area contributed by atoms with Crippen LogP contribution in [0.25, 0.3) is 0 Å². The van der Waals surface area contributed by atoms with Crippen LogP contribution in [0.1, 0.15) is 38.3 Å². The van der Waals surface area contributed by atoms with Crippen LogP contribution in [0, 0.1) is 0 Å². The van der Waals surface area contributed by atoms with Gasteiger partial charge in [0.05, 0.1) is 24.0 Å². The summed E-state index contributed by atoms with van der Waals surface area (Å²) in [4.78, 5) is 7.87. The van der Waals surface area contributed by atoms with Crippen molar-refractivity contribution >= 4 is 28.9 Å². The highest BCUT2D eigenvalue weighted by atomic mass is 35.5. The third-order valence-electron chi connectivity index (χ3n) is 4.85. The van der Waals surface area contributed by atoms with E-state index >= 15 is 0 Å². The Morgan fingerprint density at radius 2 is 1.90 bits per heavy atom. The Morgan fingerprint density at radius 3 is 2.58 bits per heavy atom. The van der Waals surface area contributed by atoms with Crippen molar-refractivity contribution in [2.45, 2.75) is 51.5 Å². The summed E-state index contributed by atoms with van der Waals surface area (Å²) in [5.41, 5.74) is 2.69. The van der Waals surface area contributed by atoms with Gasteiger partial charge in [0.15, 0.2) is 0 Å². The van der Waals surface area contributed by atoms with Crippen LogP contribution in [0.5, 0.6) is 0 Å². The molecule has 0 amide bonds. The van der Waals surface area contributed by atoms with Crippen molar-refractivity contribution in [1.29, 1.82) is 0 Å². The summed E-state index contributed by atoms with van der Waals surface area (Å²) >= 11 is 12.1. The van der Waals surface area contributed by atoms with E-state index in [1.54, 1.807) is 0 Å². The zero-order chi connectivity index (χ0) is 22.4. The molecule has 0 radical (unpaired) electrons. The predicted octanol–water partition coefficient (Wildman–Crippen LogP) is 5.16. The molecule has 2 atom stereocenters. The SMILES string of the molecule is CC(C)(C)OCC(O)CN(Cc1cccc(Cl)c1)CC1CC(c2ccc(Cl)cc2)=NO1. The smallest absolute Gasteiger partial charge is 0.145 e. The van der Waals surface area contributed by atoms with Crippen LogP contribution in [0.15, 0.2) is 53.7 Å². The lowest BCUT2D eigenvalue weighted by Crippen LogP contribution is -2.40. The lowest BCUT2D eigenvalue weighted by molar-refractivity contribution is -0.0600. The van der Waals surface area contributed by atoms with Gasteiger partial charge in [-0.1, -0.05) is 52.6 Å². The fraction of sp³-hybridized carbons (Fsp3) is 0.458. The first-order valence-corrected chi connectivity index (χ1v) is 11.2. The van der Waals surface area contributed by atoms with Crippen LogP contribution in [-0.4, -0.2) is 53.2 Å². The summed E-state index contributed by atoms with van der Waals surface area (Å²) in [6.45, 7) is 7.93. The first kappa shape index (κ1) is 24.0. The molecule has 3 rings (SSSR count). The molecule has 1 aliphatic rings. The summed E-state index contributed by atoms with van der Waals surface area (Å²) in [6, 6.07) is 15.4. The fourth-order valence-corrected chi connectivity index (χ4v) is 3.76. The summed E-state index contributed by atoms with van der Waals surface area (Å²) < 4.78 is 5.75. The molecular formula is C24H30Cl2N2O3. The van der Waals surface area contributed by atoms with Gasteiger partial charge in [0, 0.05) is 36.1 Å². The predicted molar refractivity (Wildman–Crippen MR) is 126 cm³/mol. The Morgan fingerprint density at radius 1 is 1.16 bits per heavy atom. The highest BCUT2D eigenvalue weighted by Crippen LogP contribution is 2.21. The number of aliphatic hydroxyl groups excluding tert-OH is 1. The Kier molecular flexibility index (Phi) is 8.36. The maximum atomic E-state index is 10.6. The van der Waals surface area contributed by atoms with Crippen molar-refractivity contribution in [3.63, 3.8) is 0 Å². The molecule has 2 aromatic rings. The zero-order valence-electron chi connectivity index (χ0n) is 18.2. The average Bonchev–Trinajstić information content (AvgIpc) is 3.15. The zero-order valence-corrected chi connectivity index (χ0v) is 19.7. The molecule has 31 heavy (non-hydrogen) atoms. The maximum Gasteiger partial charge on any atom is 0.145 e. The Balaban J connectivity index is 1.62. The second-order valence-corrected chi connectivity index (χ2v) is 9.75. The highest BCUT2D eigenvalue weighted by molar-refractivity contribution is 6.31. The number of halogens is 2. The number of hydrogen-bond donors (Lipinski definition) is 1. The number of rotatable bonds is 9. The molecule has 0 fully saturated rings. The van der Waals surface area contributed by atoms with E-state index < -0.39 is 6.10 Å². The number of oxime groups is 1. The van der Waals surface area contributed by atoms with Gasteiger partial charge in [-0.3, -0.25) is 4.90 Å². The molecule has 2 aromatic carbocycles. The minimum atomic E-state index is -0.614. The minimum Gasteiger partial charge on any atom is -0.390 e. The molecule has 2 unspecified atom stereocenters. The summed E-state index contributed by atoms with van der Waals surface area (Å²) in [6.07, 6.45) is -0.0144. The van der Waals surface area contributed by atoms with Gasteiger partial charge >= 0.3 is 0 Å². The van der Waals surface area contributed by atoms with Crippen LogP contribution in [0.3, 0.4) is 0 Å². The van der Waals surface area contributed by atoms with E-state index in [1.807, 2.05) is 69.3 Å². The number of hydrogen-bond acceptors (Lipinski definition) is 5. The number of ether oxygens (including phenoxy) is 1. The third-order valence-corrected chi connectivity index (χ3v) is 5.33. The van der Waals surface area contributed by atoms with Crippen LogP contribution in [0.4, 0.5) is 0 Å². The van der Waals surface area contributed by atoms with E-state index in [0.717, 1.165) is 16.8 Å². The van der Waals surface area contributed by atoms with Gasteiger partial charge in [0.2, 0.25) is 0 Å². The molecule has 1 aliphatic heterocycles. The summed E-state index contributed by atoms with van der Waals surface area (Å²) in [5, 5.41) is 16.2. The normalized spacial score (nSPS) is 17.5. The van der Waals surface area contributed by atoms with E-state index in [1.165, 1.54) is 0 Å². The Labute approximate surface area is 194 Å². The lowest BCUT2D eigenvalue weighted by atomic mass is 10.0. The van der Waals surface area contributed by atoms with Gasteiger partial charge in [0.25, 0.3) is 0 Å². The number of benzene rings is 2. The molecule has 1 N–H and O–H groups in total. The lowest BCUT2D eigenvalue weighted by Gasteiger charge is -2.28. The first-order chi connectivity index (χ1) is 14.7. The minimum absolute atomic E-state index is 0.0967. The summed E-state index contributed by atoms with van der Waals surface area (Å²) in [7, 11) is 0. The van der Waals surface area contributed by atoms with Crippen molar-refractivity contribution in [3.8, 4) is 0 Å². The van der Waals surface area contributed by atoms with Crippen molar-refractivity contribution in [2.24, 2.45) is 5.16 Å². The molecular weight excluding hydrogens is 435 g/mol. The molecule has 1 heterocycles. The highest BCUT2D eigenvalue weighted by Gasteiger charge is 2.26. The van der Waals surface area contributed by atoms with Gasteiger partial charge in [-0.05, 0) is 56.2 Å². The third kappa shape index (κ3) is 8.09. The molecule has 0 saturated carbocycles. The van der Waals surface area contributed by atoms with Gasteiger partial charge in [-0.25, -0.2) is 0 Å². The van der Waals surface area contributed by atoms with Crippen LogP contribution < -0.4 is 0 Å². The largest absolute Gasteiger partial charge is 0.390 e. The Hall–Kier alpha value is -1.63. The van der Waals surface area contributed by atoms with Crippen LogP contribution in [0.2, 0.25) is 10.0 Å². The fourth-order valence-electron chi connectivity index (χ4n) is 3.42. The van der Waals surface area contributed by atoms with Crippen molar-refractivity contribution in [2.75, 3.05) is 19.7 Å². The standard InChI is InChI=1S/C24H30Cl2N2O3/c1-24(2,3)30-16-21(29)14-28(13-17-5-4-6-20(26)11-17)15-22-12-23(27-31-22)18-7-9-19(25)10-8-18/h4-11,21-22,29H,12-16H2,1-3H3. The van der Waals surface area contributed by atoms with Crippen molar-refractivity contribution in [1.82, 2.24) is 4.90 Å². The average molecular weight is 465 g/mol. The quantitative estimate of drug-likeness (QED) is 0.556. The van der Waals surface area contributed by atoms with E-state index in [-0.39, 0.29) is 18.3 Å². The molecule has 7 heteroatoms. The van der Waals surface area contributed by atoms with E-state index in [4.69, 9.17) is 32.8 Å². The van der Waals surface area contributed by atoms with E-state index in [9.17, 15) is 5.11 Å². The van der Waals surface area contributed by atoms with Gasteiger partial charge in [-0.15, -0.1) is 0 Å². The monoisotopic (exact) mass is 464 g/mol. The summed E-state index contributed by atoms with van der Waals surface area (Å²) in [5.74, 6) is 0. The van der Waals surface area contributed by atoms with Gasteiger partial charge in [-0.2, -0.15) is 0 Å². The molecule has 0 spiro atoms. The first-order valence-electron chi connectivity index (χ1n) is 10.5. The Bertz CT molecular complexity index is 881. The van der Waals surface area contributed by atoms with Crippen molar-refractivity contribution in [3.05, 3.63) is 69.7 Å². The van der Waals surface area contributed by atoms with Crippen molar-refractivity contribution < 1.29 is 14.7 Å². The second kappa shape index (κ2) is 10.8.